The fraction of sp³-hybridized carbons (Fsp3) is 0.625. The Labute approximate surface area is 124 Å². The van der Waals surface area contributed by atoms with Gasteiger partial charge in [0, 0.05) is 11.1 Å². The van der Waals surface area contributed by atoms with Gasteiger partial charge in [-0.1, -0.05) is 0 Å². The van der Waals surface area contributed by atoms with Crippen LogP contribution in [0.1, 0.15) is 34.6 Å². The zero-order chi connectivity index (χ0) is 15.6. The average molecular weight is 295 g/mol. The van der Waals surface area contributed by atoms with Crippen molar-refractivity contribution in [2.24, 2.45) is 0 Å². The van der Waals surface area contributed by atoms with Crippen molar-refractivity contribution in [1.29, 1.82) is 0 Å². The van der Waals surface area contributed by atoms with Crippen LogP contribution in [-0.2, 0) is 9.16 Å². The number of allylic oxidation sites excluding steroid dienone is 4. The summed E-state index contributed by atoms with van der Waals surface area (Å²) in [6, 6.07) is 0. The molecular formula is C16H29NO2Si. The van der Waals surface area contributed by atoms with Crippen molar-refractivity contribution >= 4 is 8.32 Å². The summed E-state index contributed by atoms with van der Waals surface area (Å²) in [6.07, 6.45) is 4.20. The molecule has 0 atom stereocenters. The second-order valence-electron chi connectivity index (χ2n) is 7.10. The largest absolute Gasteiger partial charge is 0.543 e. The molecule has 4 heteroatoms. The average Bonchev–Trinajstić information content (AvgIpc) is 2.57. The Morgan fingerprint density at radius 1 is 1.20 bits per heavy atom. The summed E-state index contributed by atoms with van der Waals surface area (Å²) in [5.74, 6) is 1.88. The molecule has 0 saturated heterocycles. The van der Waals surface area contributed by atoms with Gasteiger partial charge in [-0.2, -0.15) is 0 Å². The van der Waals surface area contributed by atoms with E-state index in [1.807, 2.05) is 13.8 Å². The second-order valence-corrected chi connectivity index (χ2v) is 11.5. The summed E-state index contributed by atoms with van der Waals surface area (Å²) in [5.41, 5.74) is 2.14. The predicted molar refractivity (Wildman–Crippen MR) is 87.8 cm³/mol. The van der Waals surface area contributed by atoms with E-state index in [9.17, 15) is 0 Å². The Morgan fingerprint density at radius 2 is 1.80 bits per heavy atom. The van der Waals surface area contributed by atoms with Crippen LogP contribution in [0.2, 0.25) is 19.6 Å². The molecule has 0 aromatic carbocycles. The normalized spacial score (nSPS) is 18.4. The number of rotatable bonds is 5. The summed E-state index contributed by atoms with van der Waals surface area (Å²) in [7, 11) is -1.63. The topological polar surface area (TPSA) is 30.5 Å². The van der Waals surface area contributed by atoms with Crippen molar-refractivity contribution in [3.63, 3.8) is 0 Å². The first-order valence-corrected chi connectivity index (χ1v) is 10.7. The summed E-state index contributed by atoms with van der Waals surface area (Å²) in [4.78, 5) is 0. The Balaban J connectivity index is 3.07. The maximum Gasteiger partial charge on any atom is 0.242 e. The first-order chi connectivity index (χ1) is 9.02. The molecule has 114 valence electrons. The Morgan fingerprint density at radius 3 is 2.25 bits per heavy atom. The molecule has 3 nitrogen and oxygen atoms in total. The lowest BCUT2D eigenvalue weighted by Gasteiger charge is -2.27. The van der Waals surface area contributed by atoms with Gasteiger partial charge in [0.05, 0.1) is 12.3 Å². The molecule has 0 saturated carbocycles. The molecule has 0 bridgehead atoms. The zero-order valence-corrected chi connectivity index (χ0v) is 15.2. The van der Waals surface area contributed by atoms with Crippen LogP contribution in [0.5, 0.6) is 0 Å². The van der Waals surface area contributed by atoms with Crippen molar-refractivity contribution in [2.45, 2.75) is 59.8 Å². The quantitative estimate of drug-likeness (QED) is 0.605. The van der Waals surface area contributed by atoms with E-state index in [2.05, 4.69) is 57.9 Å². The summed E-state index contributed by atoms with van der Waals surface area (Å²) in [6.45, 7) is 17.7. The first-order valence-electron chi connectivity index (χ1n) is 7.26. The number of hydrogen-bond acceptors (Lipinski definition) is 3. The SMILES string of the molecule is CCOC(C)=C1C=C(NC(C)(C)C)C(O[Si](C)(C)C)=C1. The van der Waals surface area contributed by atoms with Crippen LogP contribution in [0.25, 0.3) is 0 Å². The molecule has 0 radical (unpaired) electrons. The van der Waals surface area contributed by atoms with Crippen molar-refractivity contribution in [3.8, 4) is 0 Å². The monoisotopic (exact) mass is 295 g/mol. The standard InChI is InChI=1S/C16H29NO2Si/c1-9-18-12(2)13-10-14(17-16(3,4)5)15(11-13)19-20(6,7)8/h10-11,17H,9H2,1-8H3. The summed E-state index contributed by atoms with van der Waals surface area (Å²) >= 11 is 0. The van der Waals surface area contributed by atoms with E-state index in [-0.39, 0.29) is 5.54 Å². The van der Waals surface area contributed by atoms with E-state index in [0.29, 0.717) is 6.61 Å². The fourth-order valence-corrected chi connectivity index (χ4v) is 2.74. The minimum atomic E-state index is -1.63. The van der Waals surface area contributed by atoms with E-state index in [1.165, 1.54) is 0 Å². The molecule has 0 heterocycles. The van der Waals surface area contributed by atoms with Gasteiger partial charge in [-0.3, -0.25) is 0 Å². The number of ether oxygens (including phenoxy) is 1. The van der Waals surface area contributed by atoms with Gasteiger partial charge in [-0.05, 0) is 66.4 Å². The Hall–Kier alpha value is -1.16. The van der Waals surface area contributed by atoms with Gasteiger partial charge in [0.25, 0.3) is 0 Å². The highest BCUT2D eigenvalue weighted by molar-refractivity contribution is 6.70. The van der Waals surface area contributed by atoms with Gasteiger partial charge in [-0.15, -0.1) is 0 Å². The minimum Gasteiger partial charge on any atom is -0.543 e. The van der Waals surface area contributed by atoms with Crippen LogP contribution in [-0.4, -0.2) is 20.5 Å². The minimum absolute atomic E-state index is 0.00267. The van der Waals surface area contributed by atoms with Crippen LogP contribution in [0.15, 0.2) is 34.9 Å². The number of nitrogens with one attached hydrogen (secondary N) is 1. The van der Waals surface area contributed by atoms with Gasteiger partial charge in [0.2, 0.25) is 8.32 Å². The van der Waals surface area contributed by atoms with Crippen LogP contribution in [0.4, 0.5) is 0 Å². The van der Waals surface area contributed by atoms with Crippen LogP contribution < -0.4 is 5.32 Å². The lowest BCUT2D eigenvalue weighted by molar-refractivity contribution is 0.229. The third-order valence-corrected chi connectivity index (χ3v) is 3.38. The first kappa shape index (κ1) is 16.9. The molecule has 1 aliphatic rings. The van der Waals surface area contributed by atoms with Gasteiger partial charge in [-0.25, -0.2) is 0 Å². The van der Waals surface area contributed by atoms with E-state index >= 15 is 0 Å². The fourth-order valence-electron chi connectivity index (χ4n) is 1.91. The molecule has 1 N–H and O–H groups in total. The Kier molecular flexibility index (Phi) is 5.14. The molecule has 0 aromatic heterocycles. The van der Waals surface area contributed by atoms with Crippen molar-refractivity contribution in [1.82, 2.24) is 5.32 Å². The predicted octanol–water partition coefficient (Wildman–Crippen LogP) is 4.32. The van der Waals surface area contributed by atoms with Crippen LogP contribution in [0.3, 0.4) is 0 Å². The van der Waals surface area contributed by atoms with Crippen molar-refractivity contribution in [2.75, 3.05) is 6.61 Å². The van der Waals surface area contributed by atoms with Crippen LogP contribution >= 0.6 is 0 Å². The second kappa shape index (κ2) is 6.08. The molecule has 0 spiro atoms. The van der Waals surface area contributed by atoms with E-state index in [1.54, 1.807) is 0 Å². The smallest absolute Gasteiger partial charge is 0.242 e. The highest BCUT2D eigenvalue weighted by atomic mass is 28.4. The maximum atomic E-state index is 6.20. The zero-order valence-electron chi connectivity index (χ0n) is 14.2. The van der Waals surface area contributed by atoms with Crippen molar-refractivity contribution < 1.29 is 9.16 Å². The maximum absolute atomic E-state index is 6.20. The summed E-state index contributed by atoms with van der Waals surface area (Å²) in [5, 5.41) is 3.52. The van der Waals surface area contributed by atoms with Gasteiger partial charge < -0.3 is 14.5 Å². The molecule has 0 amide bonds. The van der Waals surface area contributed by atoms with E-state index < -0.39 is 8.32 Å². The van der Waals surface area contributed by atoms with Gasteiger partial charge >= 0.3 is 0 Å². The molecular weight excluding hydrogens is 266 g/mol. The molecule has 1 aliphatic carbocycles. The van der Waals surface area contributed by atoms with Gasteiger partial charge in [0.15, 0.2) is 0 Å². The summed E-state index contributed by atoms with van der Waals surface area (Å²) < 4.78 is 11.8. The van der Waals surface area contributed by atoms with E-state index in [0.717, 1.165) is 22.8 Å². The van der Waals surface area contributed by atoms with Crippen LogP contribution in [0, 0.1) is 0 Å². The molecule has 0 aromatic rings. The van der Waals surface area contributed by atoms with Gasteiger partial charge in [0.1, 0.15) is 11.5 Å². The highest BCUT2D eigenvalue weighted by Crippen LogP contribution is 2.29. The lowest BCUT2D eigenvalue weighted by Crippen LogP contribution is -2.37. The van der Waals surface area contributed by atoms with Crippen molar-refractivity contribution in [3.05, 3.63) is 34.9 Å². The third-order valence-electron chi connectivity index (χ3n) is 2.55. The lowest BCUT2D eigenvalue weighted by atomic mass is 10.1. The molecule has 0 aliphatic heterocycles. The molecule has 1 rings (SSSR count). The molecule has 0 unspecified atom stereocenters. The van der Waals surface area contributed by atoms with E-state index in [4.69, 9.17) is 9.16 Å². The molecule has 20 heavy (non-hydrogen) atoms. The Bertz CT molecular complexity index is 414. The molecule has 0 fully saturated rings. The third kappa shape index (κ3) is 5.45. The number of hydrogen-bond donors (Lipinski definition) is 1. The highest BCUT2D eigenvalue weighted by Gasteiger charge is 2.25.